The number of carbonyl (C=O) groups excluding carboxylic acids is 2. The first kappa shape index (κ1) is 12.8. The number of esters is 1. The van der Waals surface area contributed by atoms with Crippen molar-refractivity contribution in [1.82, 2.24) is 0 Å². The molecule has 0 saturated carbocycles. The molecule has 0 atom stereocenters. The Morgan fingerprint density at radius 2 is 1.94 bits per heavy atom. The van der Waals surface area contributed by atoms with Crippen molar-refractivity contribution >= 4 is 18.1 Å². The largest absolute Gasteiger partial charge is 0.493 e. The second kappa shape index (κ2) is 5.74. The molecule has 0 aliphatic rings. The molecule has 0 radical (unpaired) electrons. The van der Waals surface area contributed by atoms with Crippen LogP contribution in [0.1, 0.15) is 10.4 Å². The van der Waals surface area contributed by atoms with Gasteiger partial charge < -0.3 is 19.5 Å². The van der Waals surface area contributed by atoms with Crippen LogP contribution in [0.15, 0.2) is 12.1 Å². The molecule has 0 fully saturated rings. The van der Waals surface area contributed by atoms with E-state index in [9.17, 15) is 9.59 Å². The molecule has 0 unspecified atom stereocenters. The Hall–Kier alpha value is -2.24. The molecule has 0 spiro atoms. The molecule has 0 bridgehead atoms. The lowest BCUT2D eigenvalue weighted by Gasteiger charge is -2.13. The second-order valence-corrected chi connectivity index (χ2v) is 3.01. The average Bonchev–Trinajstić information content (AvgIpc) is 2.37. The highest BCUT2D eigenvalue weighted by molar-refractivity contribution is 5.93. The number of anilines is 1. The van der Waals surface area contributed by atoms with Gasteiger partial charge in [0.15, 0.2) is 11.5 Å². The van der Waals surface area contributed by atoms with Crippen LogP contribution in [0.3, 0.4) is 0 Å². The van der Waals surface area contributed by atoms with Crippen LogP contribution in [0.4, 0.5) is 5.69 Å². The Morgan fingerprint density at radius 3 is 2.41 bits per heavy atom. The first-order chi connectivity index (χ1) is 8.17. The number of hydrogen-bond donors (Lipinski definition) is 1. The Kier molecular flexibility index (Phi) is 4.33. The van der Waals surface area contributed by atoms with Gasteiger partial charge in [-0.3, -0.25) is 4.79 Å². The highest BCUT2D eigenvalue weighted by atomic mass is 16.5. The van der Waals surface area contributed by atoms with E-state index in [1.54, 1.807) is 0 Å². The van der Waals surface area contributed by atoms with Gasteiger partial charge >= 0.3 is 5.97 Å². The summed E-state index contributed by atoms with van der Waals surface area (Å²) in [4.78, 5) is 21.9. The van der Waals surface area contributed by atoms with Crippen LogP contribution >= 0.6 is 0 Å². The third-order valence-corrected chi connectivity index (χ3v) is 2.11. The zero-order valence-electron chi connectivity index (χ0n) is 9.77. The first-order valence-corrected chi connectivity index (χ1v) is 4.72. The first-order valence-electron chi connectivity index (χ1n) is 4.72. The standard InChI is InChI=1S/C11H13NO5/c1-15-9-5-7(11(14)17-3)4-8(12-6-13)10(9)16-2/h4-6H,1-3H3,(H,12,13). The molecule has 0 heterocycles. The number of nitrogens with one attached hydrogen (secondary N) is 1. The highest BCUT2D eigenvalue weighted by Gasteiger charge is 2.16. The molecular formula is C11H13NO5. The summed E-state index contributed by atoms with van der Waals surface area (Å²) in [6.07, 6.45) is 0.484. The van der Waals surface area contributed by atoms with Crippen LogP contribution in [0.5, 0.6) is 11.5 Å². The lowest BCUT2D eigenvalue weighted by atomic mass is 10.1. The van der Waals surface area contributed by atoms with Crippen LogP contribution in [0.25, 0.3) is 0 Å². The molecule has 17 heavy (non-hydrogen) atoms. The summed E-state index contributed by atoms with van der Waals surface area (Å²) in [5.41, 5.74) is 0.594. The minimum Gasteiger partial charge on any atom is -0.493 e. The zero-order valence-corrected chi connectivity index (χ0v) is 9.77. The summed E-state index contributed by atoms with van der Waals surface area (Å²) in [6.45, 7) is 0. The molecule has 1 aromatic carbocycles. The van der Waals surface area contributed by atoms with E-state index in [0.29, 0.717) is 23.6 Å². The van der Waals surface area contributed by atoms with E-state index in [0.717, 1.165) is 0 Å². The summed E-state index contributed by atoms with van der Waals surface area (Å²) in [5, 5.41) is 2.43. The smallest absolute Gasteiger partial charge is 0.338 e. The van der Waals surface area contributed by atoms with Gasteiger partial charge in [-0.2, -0.15) is 0 Å². The maximum Gasteiger partial charge on any atom is 0.338 e. The fourth-order valence-corrected chi connectivity index (χ4v) is 1.37. The van der Waals surface area contributed by atoms with Crippen LogP contribution < -0.4 is 14.8 Å². The molecule has 6 heteroatoms. The van der Waals surface area contributed by atoms with Gasteiger partial charge in [-0.05, 0) is 12.1 Å². The van der Waals surface area contributed by atoms with Gasteiger partial charge in [0.2, 0.25) is 6.41 Å². The number of carbonyl (C=O) groups is 2. The van der Waals surface area contributed by atoms with Crippen LogP contribution in [-0.2, 0) is 9.53 Å². The molecule has 1 N–H and O–H groups in total. The Bertz CT molecular complexity index is 430. The summed E-state index contributed by atoms with van der Waals surface area (Å²) in [6, 6.07) is 2.92. The Labute approximate surface area is 98.5 Å². The third kappa shape index (κ3) is 2.66. The van der Waals surface area contributed by atoms with Crippen molar-refractivity contribution in [1.29, 1.82) is 0 Å². The lowest BCUT2D eigenvalue weighted by molar-refractivity contribution is -0.105. The Balaban J connectivity index is 3.33. The summed E-state index contributed by atoms with van der Waals surface area (Å²) in [5.74, 6) is 0.145. The number of rotatable bonds is 5. The van der Waals surface area contributed by atoms with Crippen molar-refractivity contribution in [3.8, 4) is 11.5 Å². The summed E-state index contributed by atoms with van der Waals surface area (Å²) in [7, 11) is 4.14. The van der Waals surface area contributed by atoms with E-state index in [1.807, 2.05) is 0 Å². The molecule has 0 aliphatic heterocycles. The average molecular weight is 239 g/mol. The van der Waals surface area contributed by atoms with E-state index in [4.69, 9.17) is 9.47 Å². The van der Waals surface area contributed by atoms with Gasteiger partial charge in [-0.15, -0.1) is 0 Å². The predicted octanol–water partition coefficient (Wildman–Crippen LogP) is 1.06. The van der Waals surface area contributed by atoms with Crippen LogP contribution in [0.2, 0.25) is 0 Å². The van der Waals surface area contributed by atoms with Crippen molar-refractivity contribution in [3.05, 3.63) is 17.7 Å². The molecule has 1 aromatic rings. The van der Waals surface area contributed by atoms with Gasteiger partial charge in [-0.25, -0.2) is 4.79 Å². The summed E-state index contributed by atoms with van der Waals surface area (Å²) < 4.78 is 14.8. The van der Waals surface area contributed by atoms with E-state index >= 15 is 0 Å². The van der Waals surface area contributed by atoms with Crippen molar-refractivity contribution in [2.45, 2.75) is 0 Å². The van der Waals surface area contributed by atoms with Crippen molar-refractivity contribution in [2.24, 2.45) is 0 Å². The number of amides is 1. The molecule has 1 amide bonds. The molecule has 0 aromatic heterocycles. The predicted molar refractivity (Wildman–Crippen MR) is 60.6 cm³/mol. The number of benzene rings is 1. The SMILES string of the molecule is COC(=O)c1cc(NC=O)c(OC)c(OC)c1. The van der Waals surface area contributed by atoms with E-state index in [2.05, 4.69) is 10.1 Å². The van der Waals surface area contributed by atoms with Crippen molar-refractivity contribution in [2.75, 3.05) is 26.6 Å². The topological polar surface area (TPSA) is 73.9 Å². The van der Waals surface area contributed by atoms with Gasteiger partial charge in [0.1, 0.15) is 0 Å². The number of hydrogen-bond acceptors (Lipinski definition) is 5. The van der Waals surface area contributed by atoms with Gasteiger partial charge in [0, 0.05) is 0 Å². The van der Waals surface area contributed by atoms with Crippen molar-refractivity contribution in [3.63, 3.8) is 0 Å². The van der Waals surface area contributed by atoms with Gasteiger partial charge in [0.05, 0.1) is 32.6 Å². The molecule has 6 nitrogen and oxygen atoms in total. The van der Waals surface area contributed by atoms with E-state index < -0.39 is 5.97 Å². The zero-order chi connectivity index (χ0) is 12.8. The normalized spacial score (nSPS) is 9.35. The quantitative estimate of drug-likeness (QED) is 0.614. The van der Waals surface area contributed by atoms with E-state index in [-0.39, 0.29) is 5.56 Å². The molecule has 0 saturated heterocycles. The minimum absolute atomic E-state index is 0.259. The van der Waals surface area contributed by atoms with Gasteiger partial charge in [-0.1, -0.05) is 0 Å². The fraction of sp³-hybridized carbons (Fsp3) is 0.273. The molecular weight excluding hydrogens is 226 g/mol. The molecule has 92 valence electrons. The monoisotopic (exact) mass is 239 g/mol. The number of methoxy groups -OCH3 is 3. The number of ether oxygens (including phenoxy) is 3. The third-order valence-electron chi connectivity index (χ3n) is 2.11. The Morgan fingerprint density at radius 1 is 1.24 bits per heavy atom. The fourth-order valence-electron chi connectivity index (χ4n) is 1.37. The van der Waals surface area contributed by atoms with Crippen LogP contribution in [0, 0.1) is 0 Å². The summed E-state index contributed by atoms with van der Waals surface area (Å²) >= 11 is 0. The maximum atomic E-state index is 11.4. The molecule has 0 aliphatic carbocycles. The van der Waals surface area contributed by atoms with Crippen LogP contribution in [-0.4, -0.2) is 33.7 Å². The van der Waals surface area contributed by atoms with Gasteiger partial charge in [0.25, 0.3) is 0 Å². The molecule has 1 rings (SSSR count). The maximum absolute atomic E-state index is 11.4. The highest BCUT2D eigenvalue weighted by Crippen LogP contribution is 2.36. The van der Waals surface area contributed by atoms with Crippen molar-refractivity contribution < 1.29 is 23.8 Å². The second-order valence-electron chi connectivity index (χ2n) is 3.01. The lowest BCUT2D eigenvalue weighted by Crippen LogP contribution is -2.06. The van der Waals surface area contributed by atoms with E-state index in [1.165, 1.54) is 33.5 Å². The minimum atomic E-state index is -0.528.